The number of carbonyl (C=O) groups excluding carboxylic acids is 1. The van der Waals surface area contributed by atoms with Crippen molar-refractivity contribution in [3.63, 3.8) is 0 Å². The van der Waals surface area contributed by atoms with E-state index in [4.69, 9.17) is 4.18 Å². The summed E-state index contributed by atoms with van der Waals surface area (Å²) >= 11 is 0. The molecule has 1 aromatic carbocycles. The number of hydrogen-bond acceptors (Lipinski definition) is 5. The molecule has 2 aliphatic rings. The molecule has 0 saturated carbocycles. The summed E-state index contributed by atoms with van der Waals surface area (Å²) in [7, 11) is -3.30. The van der Waals surface area contributed by atoms with Crippen LogP contribution in [0.3, 0.4) is 0 Å². The molecule has 18 heavy (non-hydrogen) atoms. The second-order valence-corrected chi connectivity index (χ2v) is 5.46. The zero-order valence-corrected chi connectivity index (χ0v) is 10.4. The average molecular weight is 271 g/mol. The Balaban J connectivity index is 0.000000169. The number of aryl methyl sites for hydroxylation is 1. The molecular formula is C11H13NO5S. The number of fused-ring (bicyclic) bond motifs is 1. The number of benzene rings is 1. The molecule has 0 spiro atoms. The molecule has 0 atom stereocenters. The number of ether oxygens (including phenoxy) is 1. The average Bonchev–Trinajstić information content (AvgIpc) is 2.80. The van der Waals surface area contributed by atoms with E-state index in [2.05, 4.69) is 10.1 Å². The Morgan fingerprint density at radius 3 is 2.61 bits per heavy atom. The largest absolute Gasteiger partial charge is 0.448 e. The smallest absolute Gasteiger partial charge is 0.407 e. The molecular weight excluding hydrogens is 258 g/mol. The maximum atomic E-state index is 11.0. The highest BCUT2D eigenvalue weighted by Crippen LogP contribution is 2.24. The normalized spacial score (nSPS) is 19.4. The fourth-order valence-electron chi connectivity index (χ4n) is 1.55. The van der Waals surface area contributed by atoms with Crippen molar-refractivity contribution in [1.82, 2.24) is 5.32 Å². The summed E-state index contributed by atoms with van der Waals surface area (Å²) in [6.07, 6.45) is 0.258. The number of carbonyl (C=O) groups is 1. The standard InChI is InChI=1S/C8H8O3S.C3H5NO2/c9-12(10)6-5-7-3-1-2-4-8(7)11-12;5-3-4-1-2-6-3/h1-4H,5-6H2;1-2H2,(H,4,5). The van der Waals surface area contributed by atoms with Gasteiger partial charge in [0.05, 0.1) is 12.3 Å². The van der Waals surface area contributed by atoms with Gasteiger partial charge in [-0.2, -0.15) is 8.42 Å². The van der Waals surface area contributed by atoms with Gasteiger partial charge in [-0.15, -0.1) is 0 Å². The van der Waals surface area contributed by atoms with Crippen LogP contribution in [0, 0.1) is 0 Å². The third kappa shape index (κ3) is 3.36. The first-order valence-electron chi connectivity index (χ1n) is 5.47. The van der Waals surface area contributed by atoms with Gasteiger partial charge in [-0.25, -0.2) is 4.79 Å². The first-order valence-corrected chi connectivity index (χ1v) is 7.05. The number of amides is 1. The predicted molar refractivity (Wildman–Crippen MR) is 63.9 cm³/mol. The van der Waals surface area contributed by atoms with Crippen LogP contribution >= 0.6 is 0 Å². The van der Waals surface area contributed by atoms with Crippen LogP contribution in [-0.4, -0.2) is 33.4 Å². The number of cyclic esters (lactones) is 1. The van der Waals surface area contributed by atoms with Crippen LogP contribution in [0.1, 0.15) is 5.56 Å². The molecule has 2 heterocycles. The van der Waals surface area contributed by atoms with Crippen molar-refractivity contribution in [2.75, 3.05) is 18.9 Å². The van der Waals surface area contributed by atoms with Crippen molar-refractivity contribution in [2.45, 2.75) is 6.42 Å². The highest BCUT2D eigenvalue weighted by molar-refractivity contribution is 7.87. The Bertz CT molecular complexity index is 532. The van der Waals surface area contributed by atoms with Gasteiger partial charge < -0.3 is 14.2 Å². The van der Waals surface area contributed by atoms with Gasteiger partial charge in [0.25, 0.3) is 0 Å². The van der Waals surface area contributed by atoms with Crippen LogP contribution < -0.4 is 9.50 Å². The molecule has 0 radical (unpaired) electrons. The second-order valence-electron chi connectivity index (χ2n) is 3.77. The van der Waals surface area contributed by atoms with Crippen LogP contribution in [0.15, 0.2) is 24.3 Å². The Morgan fingerprint density at radius 1 is 1.22 bits per heavy atom. The quantitative estimate of drug-likeness (QED) is 0.702. The van der Waals surface area contributed by atoms with E-state index in [9.17, 15) is 13.2 Å². The fourth-order valence-corrected chi connectivity index (χ4v) is 2.54. The summed E-state index contributed by atoms with van der Waals surface area (Å²) in [6.45, 7) is 1.19. The minimum Gasteiger partial charge on any atom is -0.448 e. The summed E-state index contributed by atoms with van der Waals surface area (Å²) in [5.74, 6) is 0.563. The van der Waals surface area contributed by atoms with E-state index in [1.807, 2.05) is 12.1 Å². The first kappa shape index (κ1) is 12.7. The molecule has 0 aromatic heterocycles. The maximum Gasteiger partial charge on any atom is 0.407 e. The highest BCUT2D eigenvalue weighted by Gasteiger charge is 2.21. The van der Waals surface area contributed by atoms with Crippen LogP contribution in [0.25, 0.3) is 0 Å². The zero-order valence-electron chi connectivity index (χ0n) is 9.59. The number of nitrogens with one attached hydrogen (secondary N) is 1. The Kier molecular flexibility index (Phi) is 3.71. The molecule has 3 rings (SSSR count). The fraction of sp³-hybridized carbons (Fsp3) is 0.364. The number of alkyl carbamates (subject to hydrolysis) is 1. The van der Waals surface area contributed by atoms with E-state index in [1.165, 1.54) is 0 Å². The van der Waals surface area contributed by atoms with Crippen molar-refractivity contribution >= 4 is 16.2 Å². The number of para-hydroxylation sites is 1. The van der Waals surface area contributed by atoms with Crippen molar-refractivity contribution in [3.8, 4) is 5.75 Å². The second kappa shape index (κ2) is 5.26. The van der Waals surface area contributed by atoms with Crippen LogP contribution in [0.4, 0.5) is 4.79 Å². The highest BCUT2D eigenvalue weighted by atomic mass is 32.2. The monoisotopic (exact) mass is 271 g/mol. The van der Waals surface area contributed by atoms with Gasteiger partial charge in [-0.05, 0) is 18.1 Å². The summed E-state index contributed by atoms with van der Waals surface area (Å²) < 4.78 is 31.2. The van der Waals surface area contributed by atoms with Crippen molar-refractivity contribution in [1.29, 1.82) is 0 Å². The van der Waals surface area contributed by atoms with Gasteiger partial charge in [0, 0.05) is 0 Å². The first-order chi connectivity index (χ1) is 8.57. The Hall–Kier alpha value is -1.76. The lowest BCUT2D eigenvalue weighted by atomic mass is 10.1. The predicted octanol–water partition coefficient (Wildman–Crippen LogP) is 0.677. The lowest BCUT2D eigenvalue weighted by Gasteiger charge is -2.15. The minimum atomic E-state index is -3.30. The minimum absolute atomic E-state index is 0.0873. The molecule has 1 aromatic rings. The molecule has 2 aliphatic heterocycles. The molecule has 0 aliphatic carbocycles. The molecule has 1 N–H and O–H groups in total. The van der Waals surface area contributed by atoms with Crippen molar-refractivity contribution in [2.24, 2.45) is 0 Å². The van der Waals surface area contributed by atoms with Gasteiger partial charge in [0.15, 0.2) is 0 Å². The topological polar surface area (TPSA) is 81.7 Å². The summed E-state index contributed by atoms with van der Waals surface area (Å²) in [5.41, 5.74) is 0.965. The number of hydrogen-bond donors (Lipinski definition) is 1. The Labute approximate surface area is 105 Å². The van der Waals surface area contributed by atoms with E-state index in [-0.39, 0.29) is 11.8 Å². The van der Waals surface area contributed by atoms with Gasteiger partial charge in [0.2, 0.25) is 0 Å². The van der Waals surface area contributed by atoms with Crippen molar-refractivity contribution in [3.05, 3.63) is 29.8 Å². The summed E-state index contributed by atoms with van der Waals surface area (Å²) in [4.78, 5) is 9.91. The van der Waals surface area contributed by atoms with Gasteiger partial charge in [-0.1, -0.05) is 18.2 Å². The van der Waals surface area contributed by atoms with Gasteiger partial charge in [0.1, 0.15) is 12.4 Å². The van der Waals surface area contributed by atoms with Gasteiger partial charge in [-0.3, -0.25) is 0 Å². The summed E-state index contributed by atoms with van der Waals surface area (Å²) in [6, 6.07) is 7.19. The Morgan fingerprint density at radius 2 is 2.00 bits per heavy atom. The molecule has 0 bridgehead atoms. The lowest BCUT2D eigenvalue weighted by molar-refractivity contribution is 0.178. The molecule has 7 heteroatoms. The molecule has 6 nitrogen and oxygen atoms in total. The lowest BCUT2D eigenvalue weighted by Crippen LogP contribution is -2.21. The molecule has 0 unspecified atom stereocenters. The van der Waals surface area contributed by atoms with Crippen LogP contribution in [-0.2, 0) is 21.3 Å². The summed E-state index contributed by atoms with van der Waals surface area (Å²) in [5, 5.41) is 2.46. The van der Waals surface area contributed by atoms with E-state index >= 15 is 0 Å². The van der Waals surface area contributed by atoms with Crippen molar-refractivity contribution < 1.29 is 22.1 Å². The molecule has 98 valence electrons. The van der Waals surface area contributed by atoms with Gasteiger partial charge >= 0.3 is 16.2 Å². The van der Waals surface area contributed by atoms with Crippen LogP contribution in [0.5, 0.6) is 5.75 Å². The third-order valence-electron chi connectivity index (χ3n) is 2.42. The SMILES string of the molecule is O=C1NCCO1.O=S1(=O)CCc2ccccc2O1. The zero-order chi connectivity index (χ0) is 13.0. The maximum absolute atomic E-state index is 11.0. The molecule has 1 amide bonds. The van der Waals surface area contributed by atoms with E-state index in [1.54, 1.807) is 12.1 Å². The molecule has 1 saturated heterocycles. The third-order valence-corrected chi connectivity index (χ3v) is 3.55. The van der Waals surface area contributed by atoms with E-state index in [0.29, 0.717) is 25.3 Å². The molecule has 1 fully saturated rings. The number of rotatable bonds is 0. The van der Waals surface area contributed by atoms with E-state index in [0.717, 1.165) is 5.56 Å². The van der Waals surface area contributed by atoms with Crippen LogP contribution in [0.2, 0.25) is 0 Å². The van der Waals surface area contributed by atoms with E-state index < -0.39 is 10.1 Å².